The Kier molecular flexibility index (Phi) is 5.15. The minimum Gasteiger partial charge on any atom is -0.461 e. The zero-order chi connectivity index (χ0) is 22.8. The van der Waals surface area contributed by atoms with Crippen LogP contribution in [0.25, 0.3) is 17.3 Å². The summed E-state index contributed by atoms with van der Waals surface area (Å²) in [5.41, 5.74) is 3.47. The molecule has 0 bridgehead atoms. The number of hydrogen-bond acceptors (Lipinski definition) is 8. The summed E-state index contributed by atoms with van der Waals surface area (Å²) >= 11 is 0. The van der Waals surface area contributed by atoms with Crippen LogP contribution in [0.4, 0.5) is 17.2 Å². The van der Waals surface area contributed by atoms with Gasteiger partial charge in [0.05, 0.1) is 12.0 Å². The number of amides is 1. The summed E-state index contributed by atoms with van der Waals surface area (Å²) in [5.74, 6) is 1.73. The number of rotatable bonds is 6. The fourth-order valence-corrected chi connectivity index (χ4v) is 3.26. The molecule has 5 rings (SSSR count). The average Bonchev–Trinajstić information content (AvgIpc) is 3.56. The molecule has 10 nitrogen and oxygen atoms in total. The number of carbonyl (C=O) groups is 1. The van der Waals surface area contributed by atoms with E-state index in [1.807, 2.05) is 44.2 Å². The van der Waals surface area contributed by atoms with E-state index in [0.29, 0.717) is 28.8 Å². The number of nitrogens with zero attached hydrogens (tertiary/aromatic N) is 5. The highest BCUT2D eigenvalue weighted by atomic mass is 16.5. The van der Waals surface area contributed by atoms with E-state index in [1.165, 1.54) is 12.3 Å². The second-order valence-corrected chi connectivity index (χ2v) is 7.33. The zero-order valence-corrected chi connectivity index (χ0v) is 17.8. The quantitative estimate of drug-likeness (QED) is 0.394. The standard InChI is InChI=1S/C23H19N7O3/c1-14-12-15(2)30(28-14)22-10-9-21(26-27-22)24-16-5-7-17(8-6-16)25-23(31)18-13-20(33-29-18)19-4-3-11-32-19/h3-13H,1-2H3,(H,24,26)(H,25,31). The minimum atomic E-state index is -0.386. The molecule has 10 heteroatoms. The molecule has 0 aliphatic heterocycles. The van der Waals surface area contributed by atoms with Gasteiger partial charge in [-0.25, -0.2) is 4.68 Å². The normalized spacial score (nSPS) is 10.8. The fourth-order valence-electron chi connectivity index (χ4n) is 3.26. The maximum atomic E-state index is 12.4. The molecule has 2 N–H and O–H groups in total. The molecule has 0 fully saturated rings. The van der Waals surface area contributed by atoms with Gasteiger partial charge < -0.3 is 19.6 Å². The number of nitrogens with one attached hydrogen (secondary N) is 2. The van der Waals surface area contributed by atoms with Crippen molar-refractivity contribution >= 4 is 23.1 Å². The monoisotopic (exact) mass is 441 g/mol. The lowest BCUT2D eigenvalue weighted by Gasteiger charge is -2.08. The van der Waals surface area contributed by atoms with Crippen molar-refractivity contribution in [1.82, 2.24) is 25.1 Å². The first-order chi connectivity index (χ1) is 16.0. The molecule has 0 unspecified atom stereocenters. The highest BCUT2D eigenvalue weighted by Gasteiger charge is 2.15. The van der Waals surface area contributed by atoms with Gasteiger partial charge in [-0.2, -0.15) is 5.10 Å². The molecule has 1 amide bonds. The maximum absolute atomic E-state index is 12.4. The molecule has 4 aromatic heterocycles. The Morgan fingerprint density at radius 3 is 2.42 bits per heavy atom. The first kappa shape index (κ1) is 20.2. The van der Waals surface area contributed by atoms with E-state index >= 15 is 0 Å². The van der Waals surface area contributed by atoms with Crippen molar-refractivity contribution in [2.75, 3.05) is 10.6 Å². The SMILES string of the molecule is Cc1cc(C)n(-c2ccc(Nc3ccc(NC(=O)c4cc(-c5ccco5)on4)cc3)nn2)n1. The first-order valence-electron chi connectivity index (χ1n) is 10.1. The van der Waals surface area contributed by atoms with E-state index in [4.69, 9.17) is 8.94 Å². The summed E-state index contributed by atoms with van der Waals surface area (Å²) in [6.07, 6.45) is 1.52. The molecule has 0 aliphatic rings. The van der Waals surface area contributed by atoms with Crippen molar-refractivity contribution in [3.8, 4) is 17.3 Å². The number of carbonyl (C=O) groups excluding carboxylic acids is 1. The van der Waals surface area contributed by atoms with Crippen LogP contribution in [0.2, 0.25) is 0 Å². The molecule has 0 spiro atoms. The van der Waals surface area contributed by atoms with Gasteiger partial charge in [-0.15, -0.1) is 10.2 Å². The molecule has 0 atom stereocenters. The van der Waals surface area contributed by atoms with Crippen LogP contribution in [0.5, 0.6) is 0 Å². The summed E-state index contributed by atoms with van der Waals surface area (Å²) in [7, 11) is 0. The Morgan fingerprint density at radius 1 is 0.939 bits per heavy atom. The van der Waals surface area contributed by atoms with Crippen molar-refractivity contribution in [3.05, 3.63) is 84.0 Å². The predicted molar refractivity (Wildman–Crippen MR) is 121 cm³/mol. The molecule has 0 saturated heterocycles. The zero-order valence-electron chi connectivity index (χ0n) is 17.8. The number of aromatic nitrogens is 5. The average molecular weight is 441 g/mol. The van der Waals surface area contributed by atoms with E-state index in [1.54, 1.807) is 28.9 Å². The van der Waals surface area contributed by atoms with Crippen molar-refractivity contribution in [3.63, 3.8) is 0 Å². The van der Waals surface area contributed by atoms with Gasteiger partial charge in [0.2, 0.25) is 5.76 Å². The lowest BCUT2D eigenvalue weighted by atomic mass is 10.2. The van der Waals surface area contributed by atoms with Crippen LogP contribution >= 0.6 is 0 Å². The summed E-state index contributed by atoms with van der Waals surface area (Å²) in [6.45, 7) is 3.90. The number of anilines is 3. The fraction of sp³-hybridized carbons (Fsp3) is 0.0870. The van der Waals surface area contributed by atoms with Gasteiger partial charge in [-0.05, 0) is 68.4 Å². The third-order valence-corrected chi connectivity index (χ3v) is 4.80. The van der Waals surface area contributed by atoms with Gasteiger partial charge in [0.15, 0.2) is 23.1 Å². The smallest absolute Gasteiger partial charge is 0.277 e. The molecular formula is C23H19N7O3. The number of aryl methyl sites for hydroxylation is 2. The Morgan fingerprint density at radius 2 is 1.76 bits per heavy atom. The Bertz CT molecular complexity index is 1390. The van der Waals surface area contributed by atoms with Gasteiger partial charge in [-0.1, -0.05) is 5.16 Å². The van der Waals surface area contributed by atoms with Gasteiger partial charge in [0.25, 0.3) is 5.91 Å². The predicted octanol–water partition coefficient (Wildman–Crippen LogP) is 4.52. The molecule has 0 radical (unpaired) electrons. The Hall–Kier alpha value is -4.73. The molecule has 164 valence electrons. The number of hydrogen-bond donors (Lipinski definition) is 2. The minimum absolute atomic E-state index is 0.154. The van der Waals surface area contributed by atoms with Gasteiger partial charge in [0, 0.05) is 23.1 Å². The van der Waals surface area contributed by atoms with Gasteiger partial charge in [-0.3, -0.25) is 4.79 Å². The third-order valence-electron chi connectivity index (χ3n) is 4.80. The van der Waals surface area contributed by atoms with Gasteiger partial charge >= 0.3 is 0 Å². The summed E-state index contributed by atoms with van der Waals surface area (Å²) < 4.78 is 12.2. The van der Waals surface area contributed by atoms with E-state index in [0.717, 1.165) is 17.1 Å². The van der Waals surface area contributed by atoms with Crippen molar-refractivity contribution in [2.45, 2.75) is 13.8 Å². The van der Waals surface area contributed by atoms with E-state index in [9.17, 15) is 4.79 Å². The third kappa shape index (κ3) is 4.35. The summed E-state index contributed by atoms with van der Waals surface area (Å²) in [5, 5.41) is 22.6. The van der Waals surface area contributed by atoms with E-state index < -0.39 is 0 Å². The van der Waals surface area contributed by atoms with Crippen LogP contribution in [0.15, 0.2) is 75.9 Å². The second-order valence-electron chi connectivity index (χ2n) is 7.33. The molecule has 5 aromatic rings. The van der Waals surface area contributed by atoms with E-state index in [2.05, 4.69) is 31.1 Å². The Balaban J connectivity index is 1.22. The molecule has 0 aliphatic carbocycles. The largest absolute Gasteiger partial charge is 0.461 e. The van der Waals surface area contributed by atoms with Crippen LogP contribution in [-0.2, 0) is 0 Å². The van der Waals surface area contributed by atoms with Crippen LogP contribution < -0.4 is 10.6 Å². The van der Waals surface area contributed by atoms with Crippen LogP contribution in [-0.4, -0.2) is 31.0 Å². The number of benzene rings is 1. The summed E-state index contributed by atoms with van der Waals surface area (Å²) in [6, 6.07) is 17.8. The van der Waals surface area contributed by atoms with E-state index in [-0.39, 0.29) is 11.6 Å². The second kappa shape index (κ2) is 8.42. The first-order valence-corrected chi connectivity index (χ1v) is 10.1. The molecule has 4 heterocycles. The molecule has 0 saturated carbocycles. The van der Waals surface area contributed by atoms with Crippen LogP contribution in [0.3, 0.4) is 0 Å². The van der Waals surface area contributed by atoms with Crippen molar-refractivity contribution in [1.29, 1.82) is 0 Å². The van der Waals surface area contributed by atoms with Crippen LogP contribution in [0, 0.1) is 13.8 Å². The molecule has 1 aromatic carbocycles. The number of furan rings is 1. The summed E-state index contributed by atoms with van der Waals surface area (Å²) in [4.78, 5) is 12.4. The Labute approximate surface area is 188 Å². The lowest BCUT2D eigenvalue weighted by molar-refractivity contribution is 0.101. The molecule has 33 heavy (non-hydrogen) atoms. The highest BCUT2D eigenvalue weighted by Crippen LogP contribution is 2.22. The maximum Gasteiger partial charge on any atom is 0.277 e. The van der Waals surface area contributed by atoms with Gasteiger partial charge in [0.1, 0.15) is 0 Å². The highest BCUT2D eigenvalue weighted by molar-refractivity contribution is 6.03. The van der Waals surface area contributed by atoms with Crippen molar-refractivity contribution in [2.24, 2.45) is 0 Å². The lowest BCUT2D eigenvalue weighted by Crippen LogP contribution is -2.12. The molecular weight excluding hydrogens is 422 g/mol. The van der Waals surface area contributed by atoms with Crippen LogP contribution in [0.1, 0.15) is 21.9 Å². The topological polar surface area (TPSA) is 124 Å². The van der Waals surface area contributed by atoms with Crippen molar-refractivity contribution < 1.29 is 13.7 Å².